The van der Waals surface area contributed by atoms with Crippen LogP contribution in [0, 0.1) is 5.92 Å². The Bertz CT molecular complexity index is 485. The maximum atomic E-state index is 11.9. The molecule has 0 aliphatic heterocycles. The monoisotopic (exact) mass is 309 g/mol. The summed E-state index contributed by atoms with van der Waals surface area (Å²) in [6, 6.07) is 8.23. The van der Waals surface area contributed by atoms with E-state index in [2.05, 4.69) is 25.2 Å². The van der Waals surface area contributed by atoms with Gasteiger partial charge in [-0.1, -0.05) is 44.0 Å². The van der Waals surface area contributed by atoms with Crippen molar-refractivity contribution in [3.05, 3.63) is 34.9 Å². The maximum Gasteiger partial charge on any atom is 0.323 e. The first-order chi connectivity index (χ1) is 10.0. The van der Waals surface area contributed by atoms with Crippen LogP contribution in [0.15, 0.2) is 24.3 Å². The SMILES string of the molecule is CCC(C)C(NC1CC(c2cccc(Cl)c2)C1)C(=O)OC. The summed E-state index contributed by atoms with van der Waals surface area (Å²) in [5.41, 5.74) is 1.29. The van der Waals surface area contributed by atoms with Gasteiger partial charge in [-0.05, 0) is 42.4 Å². The van der Waals surface area contributed by atoms with Crippen LogP contribution in [0.3, 0.4) is 0 Å². The van der Waals surface area contributed by atoms with Crippen molar-refractivity contribution in [2.24, 2.45) is 5.92 Å². The Morgan fingerprint density at radius 1 is 1.48 bits per heavy atom. The van der Waals surface area contributed by atoms with Crippen LogP contribution in [0.4, 0.5) is 0 Å². The van der Waals surface area contributed by atoms with Crippen LogP contribution in [0.25, 0.3) is 0 Å². The lowest BCUT2D eigenvalue weighted by Gasteiger charge is -2.39. The molecule has 1 aliphatic carbocycles. The van der Waals surface area contributed by atoms with Gasteiger partial charge in [0.2, 0.25) is 0 Å². The van der Waals surface area contributed by atoms with E-state index in [4.69, 9.17) is 16.3 Å². The Labute approximate surface area is 132 Å². The van der Waals surface area contributed by atoms with E-state index in [-0.39, 0.29) is 17.9 Å². The van der Waals surface area contributed by atoms with Gasteiger partial charge in [-0.25, -0.2) is 0 Å². The topological polar surface area (TPSA) is 38.3 Å². The van der Waals surface area contributed by atoms with Gasteiger partial charge >= 0.3 is 5.97 Å². The molecule has 0 amide bonds. The third-order valence-electron chi connectivity index (χ3n) is 4.54. The van der Waals surface area contributed by atoms with Crippen LogP contribution in [-0.2, 0) is 9.53 Å². The van der Waals surface area contributed by atoms with Crippen molar-refractivity contribution < 1.29 is 9.53 Å². The van der Waals surface area contributed by atoms with E-state index in [1.807, 2.05) is 18.2 Å². The first-order valence-electron chi connectivity index (χ1n) is 7.64. The van der Waals surface area contributed by atoms with Crippen molar-refractivity contribution in [1.82, 2.24) is 5.32 Å². The van der Waals surface area contributed by atoms with Crippen molar-refractivity contribution >= 4 is 17.6 Å². The number of hydrogen-bond acceptors (Lipinski definition) is 3. The highest BCUT2D eigenvalue weighted by atomic mass is 35.5. The lowest BCUT2D eigenvalue weighted by atomic mass is 9.75. The lowest BCUT2D eigenvalue weighted by molar-refractivity contribution is -0.145. The third kappa shape index (κ3) is 3.98. The Balaban J connectivity index is 1.90. The van der Waals surface area contributed by atoms with Gasteiger partial charge in [0, 0.05) is 11.1 Å². The molecule has 1 saturated carbocycles. The van der Waals surface area contributed by atoms with Gasteiger partial charge < -0.3 is 10.1 Å². The van der Waals surface area contributed by atoms with Gasteiger partial charge in [-0.3, -0.25) is 4.79 Å². The number of rotatable bonds is 6. The van der Waals surface area contributed by atoms with Crippen LogP contribution < -0.4 is 5.32 Å². The molecule has 2 atom stereocenters. The quantitative estimate of drug-likeness (QED) is 0.813. The van der Waals surface area contributed by atoms with Crippen LogP contribution in [-0.4, -0.2) is 25.2 Å². The first-order valence-corrected chi connectivity index (χ1v) is 8.02. The van der Waals surface area contributed by atoms with E-state index in [0.717, 1.165) is 24.3 Å². The smallest absolute Gasteiger partial charge is 0.323 e. The molecule has 1 fully saturated rings. The molecule has 2 rings (SSSR count). The summed E-state index contributed by atoms with van der Waals surface area (Å²) < 4.78 is 4.91. The fraction of sp³-hybridized carbons (Fsp3) is 0.588. The highest BCUT2D eigenvalue weighted by molar-refractivity contribution is 6.30. The van der Waals surface area contributed by atoms with Crippen molar-refractivity contribution in [3.8, 4) is 0 Å². The molecule has 2 unspecified atom stereocenters. The summed E-state index contributed by atoms with van der Waals surface area (Å²) in [5, 5.41) is 4.25. The largest absolute Gasteiger partial charge is 0.468 e. The standard InChI is InChI=1S/C17H24ClNO2/c1-4-11(2)16(17(20)21-3)19-15-9-13(10-15)12-6-5-7-14(18)8-12/h5-8,11,13,15-16,19H,4,9-10H2,1-3H3. The fourth-order valence-electron chi connectivity index (χ4n) is 2.87. The van der Waals surface area contributed by atoms with Crippen LogP contribution >= 0.6 is 11.6 Å². The summed E-state index contributed by atoms with van der Waals surface area (Å²) in [7, 11) is 1.45. The Hall–Kier alpha value is -1.06. The predicted octanol–water partition coefficient (Wildman–Crippen LogP) is 3.76. The second kappa shape index (κ2) is 7.28. The van der Waals surface area contributed by atoms with Crippen molar-refractivity contribution in [1.29, 1.82) is 0 Å². The molecule has 0 aromatic heterocycles. The van der Waals surface area contributed by atoms with Gasteiger partial charge in [0.05, 0.1) is 7.11 Å². The van der Waals surface area contributed by atoms with Gasteiger partial charge in [0.15, 0.2) is 0 Å². The second-order valence-electron chi connectivity index (χ2n) is 5.97. The number of esters is 1. The average molecular weight is 310 g/mol. The lowest BCUT2D eigenvalue weighted by Crippen LogP contribution is -2.51. The number of hydrogen-bond donors (Lipinski definition) is 1. The minimum Gasteiger partial charge on any atom is -0.468 e. The van der Waals surface area contributed by atoms with Gasteiger partial charge in [0.1, 0.15) is 6.04 Å². The van der Waals surface area contributed by atoms with Crippen LogP contribution in [0.2, 0.25) is 5.02 Å². The zero-order valence-corrected chi connectivity index (χ0v) is 13.7. The zero-order valence-electron chi connectivity index (χ0n) is 12.9. The van der Waals surface area contributed by atoms with Gasteiger partial charge in [-0.15, -0.1) is 0 Å². The van der Waals surface area contributed by atoms with Crippen LogP contribution in [0.1, 0.15) is 44.6 Å². The molecule has 116 valence electrons. The summed E-state index contributed by atoms with van der Waals surface area (Å²) in [6.07, 6.45) is 3.05. The molecule has 3 nitrogen and oxygen atoms in total. The summed E-state index contributed by atoms with van der Waals surface area (Å²) in [4.78, 5) is 11.9. The molecular formula is C17H24ClNO2. The number of halogens is 1. The molecule has 0 radical (unpaired) electrons. The minimum absolute atomic E-state index is 0.157. The maximum absolute atomic E-state index is 11.9. The fourth-order valence-corrected chi connectivity index (χ4v) is 3.07. The highest BCUT2D eigenvalue weighted by Crippen LogP contribution is 2.38. The normalized spacial score (nSPS) is 24.0. The number of nitrogens with one attached hydrogen (secondary N) is 1. The summed E-state index contributed by atoms with van der Waals surface area (Å²) in [5.74, 6) is 0.662. The van der Waals surface area contributed by atoms with E-state index >= 15 is 0 Å². The number of ether oxygens (including phenoxy) is 1. The Kier molecular flexibility index (Phi) is 5.65. The molecule has 0 heterocycles. The molecule has 1 N–H and O–H groups in total. The van der Waals surface area contributed by atoms with E-state index in [1.54, 1.807) is 0 Å². The zero-order chi connectivity index (χ0) is 15.4. The molecule has 1 aliphatic rings. The molecule has 0 spiro atoms. The average Bonchev–Trinajstić information content (AvgIpc) is 2.44. The number of methoxy groups -OCH3 is 1. The highest BCUT2D eigenvalue weighted by Gasteiger charge is 2.35. The predicted molar refractivity (Wildman–Crippen MR) is 85.6 cm³/mol. The molecule has 1 aromatic rings. The van der Waals surface area contributed by atoms with Crippen molar-refractivity contribution in [2.75, 3.05) is 7.11 Å². The summed E-state index contributed by atoms with van der Waals surface area (Å²) in [6.45, 7) is 4.18. The number of carbonyl (C=O) groups excluding carboxylic acids is 1. The molecule has 4 heteroatoms. The minimum atomic E-state index is -0.203. The van der Waals surface area contributed by atoms with Gasteiger partial charge in [-0.2, -0.15) is 0 Å². The van der Waals surface area contributed by atoms with Crippen molar-refractivity contribution in [3.63, 3.8) is 0 Å². The molecule has 1 aromatic carbocycles. The second-order valence-corrected chi connectivity index (χ2v) is 6.41. The molecular weight excluding hydrogens is 286 g/mol. The number of benzene rings is 1. The third-order valence-corrected chi connectivity index (χ3v) is 4.78. The van der Waals surface area contributed by atoms with Crippen molar-refractivity contribution in [2.45, 2.75) is 51.1 Å². The Morgan fingerprint density at radius 2 is 2.19 bits per heavy atom. The van der Waals surface area contributed by atoms with E-state index < -0.39 is 0 Å². The Morgan fingerprint density at radius 3 is 2.76 bits per heavy atom. The van der Waals surface area contributed by atoms with E-state index in [0.29, 0.717) is 12.0 Å². The van der Waals surface area contributed by atoms with Crippen LogP contribution in [0.5, 0.6) is 0 Å². The van der Waals surface area contributed by atoms with Gasteiger partial charge in [0.25, 0.3) is 0 Å². The molecule has 0 bridgehead atoms. The first kappa shape index (κ1) is 16.3. The van der Waals surface area contributed by atoms with E-state index in [9.17, 15) is 4.79 Å². The van der Waals surface area contributed by atoms with E-state index in [1.165, 1.54) is 12.7 Å². The summed E-state index contributed by atoms with van der Waals surface area (Å²) >= 11 is 6.03. The molecule has 0 saturated heterocycles. The molecule has 21 heavy (non-hydrogen) atoms. The number of carbonyl (C=O) groups is 1.